The van der Waals surface area contributed by atoms with Crippen molar-refractivity contribution in [3.05, 3.63) is 29.8 Å². The van der Waals surface area contributed by atoms with E-state index in [9.17, 15) is 8.42 Å². The largest absolute Gasteiger partial charge is 0.490 e. The van der Waals surface area contributed by atoms with Crippen molar-refractivity contribution >= 4 is 9.84 Å². The minimum absolute atomic E-state index is 0.317. The molecule has 1 aromatic carbocycles. The molecule has 1 fully saturated rings. The molecule has 0 radical (unpaired) electrons. The molecule has 1 aliphatic rings. The van der Waals surface area contributed by atoms with Gasteiger partial charge in [0.2, 0.25) is 0 Å². The number of unbranched alkanes of at least 4 members (excludes halogenated alkanes) is 4. The number of hydrogen-bond acceptors (Lipinski definition) is 3. The molecular weight excluding hydrogens is 344 g/mol. The Morgan fingerprint density at radius 3 is 2.35 bits per heavy atom. The van der Waals surface area contributed by atoms with Crippen LogP contribution < -0.4 is 4.74 Å². The van der Waals surface area contributed by atoms with Gasteiger partial charge in [-0.1, -0.05) is 31.4 Å². The molecule has 1 aliphatic carbocycles. The lowest BCUT2D eigenvalue weighted by Gasteiger charge is -2.18. The molecular formula is C22H36O3S. The molecule has 0 N–H and O–H groups in total. The lowest BCUT2D eigenvalue weighted by molar-refractivity contribution is 0.210. The number of benzene rings is 1. The lowest BCUT2D eigenvalue weighted by atomic mass is 10.1. The van der Waals surface area contributed by atoms with Crippen LogP contribution in [0.5, 0.6) is 5.75 Å². The molecule has 0 heterocycles. The van der Waals surface area contributed by atoms with Gasteiger partial charge in [0.15, 0.2) is 9.84 Å². The number of aryl methyl sites for hydroxylation is 1. The van der Waals surface area contributed by atoms with Crippen LogP contribution in [0.4, 0.5) is 0 Å². The average molecular weight is 381 g/mol. The van der Waals surface area contributed by atoms with Crippen molar-refractivity contribution in [2.75, 3.05) is 5.75 Å². The fourth-order valence-corrected chi connectivity index (χ4v) is 4.63. The fourth-order valence-electron chi connectivity index (χ4n) is 3.43. The zero-order valence-corrected chi connectivity index (χ0v) is 17.6. The summed E-state index contributed by atoms with van der Waals surface area (Å²) in [7, 11) is -2.96. The smallest absolute Gasteiger partial charge is 0.155 e. The van der Waals surface area contributed by atoms with Crippen molar-refractivity contribution in [1.29, 1.82) is 0 Å². The zero-order valence-electron chi connectivity index (χ0n) is 16.8. The fraction of sp³-hybridized carbons (Fsp3) is 0.727. The maximum absolute atomic E-state index is 12.1. The topological polar surface area (TPSA) is 43.4 Å². The first-order valence-corrected chi connectivity index (χ1v) is 11.9. The van der Waals surface area contributed by atoms with E-state index in [0.29, 0.717) is 11.9 Å². The van der Waals surface area contributed by atoms with Crippen LogP contribution in [0, 0.1) is 0 Å². The molecule has 148 valence electrons. The standard InChI is InChI=1S/C22H36O3S/c1-22(2,3)26(23,24)17-10-6-4-5-7-12-19-13-11-16-21(18-19)25-20-14-8-9-15-20/h11,13,16,18,20H,4-10,12,14-15,17H2,1-3H3. The van der Waals surface area contributed by atoms with Crippen LogP contribution in [0.2, 0.25) is 0 Å². The Hall–Kier alpha value is -1.03. The summed E-state index contributed by atoms with van der Waals surface area (Å²) in [5.74, 6) is 1.33. The Balaban J connectivity index is 1.61. The van der Waals surface area contributed by atoms with Gasteiger partial charge in [-0.3, -0.25) is 0 Å². The molecule has 1 saturated carbocycles. The van der Waals surface area contributed by atoms with Gasteiger partial charge in [0.1, 0.15) is 5.75 Å². The van der Waals surface area contributed by atoms with Crippen LogP contribution >= 0.6 is 0 Å². The van der Waals surface area contributed by atoms with E-state index in [4.69, 9.17) is 4.74 Å². The van der Waals surface area contributed by atoms with E-state index in [0.717, 1.165) is 44.3 Å². The summed E-state index contributed by atoms with van der Waals surface area (Å²) in [6, 6.07) is 8.53. The first-order chi connectivity index (χ1) is 12.3. The molecule has 0 aliphatic heterocycles. The van der Waals surface area contributed by atoms with Gasteiger partial charge in [0.25, 0.3) is 0 Å². The highest BCUT2D eigenvalue weighted by Crippen LogP contribution is 2.25. The summed E-state index contributed by atoms with van der Waals surface area (Å²) in [6.45, 7) is 5.35. The number of ether oxygens (including phenoxy) is 1. The molecule has 0 spiro atoms. The van der Waals surface area contributed by atoms with Gasteiger partial charge in [0, 0.05) is 0 Å². The molecule has 0 amide bonds. The minimum Gasteiger partial charge on any atom is -0.490 e. The quantitative estimate of drug-likeness (QED) is 0.488. The second-order valence-electron chi connectivity index (χ2n) is 8.62. The number of sulfone groups is 1. The van der Waals surface area contributed by atoms with Gasteiger partial charge >= 0.3 is 0 Å². The molecule has 3 nitrogen and oxygen atoms in total. The molecule has 1 aromatic rings. The van der Waals surface area contributed by atoms with Crippen molar-refractivity contribution in [2.24, 2.45) is 0 Å². The van der Waals surface area contributed by atoms with Crippen molar-refractivity contribution < 1.29 is 13.2 Å². The third-order valence-corrected chi connectivity index (χ3v) is 8.01. The Morgan fingerprint density at radius 2 is 1.65 bits per heavy atom. The summed E-state index contributed by atoms with van der Waals surface area (Å²) in [4.78, 5) is 0. The minimum atomic E-state index is -2.96. The predicted octanol–water partition coefficient (Wildman–Crippen LogP) is 5.71. The van der Waals surface area contributed by atoms with E-state index < -0.39 is 14.6 Å². The molecule has 0 saturated heterocycles. The van der Waals surface area contributed by atoms with Crippen LogP contribution in [0.1, 0.15) is 84.1 Å². The van der Waals surface area contributed by atoms with Gasteiger partial charge in [-0.2, -0.15) is 0 Å². The summed E-state index contributed by atoms with van der Waals surface area (Å²) in [5, 5.41) is 0. The summed E-state index contributed by atoms with van der Waals surface area (Å²) in [6.07, 6.45) is 11.6. The lowest BCUT2D eigenvalue weighted by Crippen LogP contribution is -2.30. The maximum atomic E-state index is 12.1. The molecule has 0 bridgehead atoms. The highest BCUT2D eigenvalue weighted by atomic mass is 32.2. The molecule has 0 unspecified atom stereocenters. The van der Waals surface area contributed by atoms with Gasteiger partial charge in [-0.25, -0.2) is 8.42 Å². The Morgan fingerprint density at radius 1 is 1.00 bits per heavy atom. The summed E-state index contributed by atoms with van der Waals surface area (Å²) in [5.41, 5.74) is 1.34. The second-order valence-corrected chi connectivity index (χ2v) is 11.5. The molecule has 0 aromatic heterocycles. The first-order valence-electron chi connectivity index (χ1n) is 10.3. The monoisotopic (exact) mass is 380 g/mol. The summed E-state index contributed by atoms with van der Waals surface area (Å²) >= 11 is 0. The van der Waals surface area contributed by atoms with Crippen LogP contribution in [-0.2, 0) is 16.3 Å². The van der Waals surface area contributed by atoms with Crippen molar-refractivity contribution in [3.8, 4) is 5.75 Å². The van der Waals surface area contributed by atoms with E-state index in [1.54, 1.807) is 20.8 Å². The number of rotatable bonds is 10. The van der Waals surface area contributed by atoms with Crippen LogP contribution in [0.25, 0.3) is 0 Å². The zero-order chi connectivity index (χ0) is 19.0. The maximum Gasteiger partial charge on any atom is 0.155 e. The highest BCUT2D eigenvalue weighted by Gasteiger charge is 2.27. The van der Waals surface area contributed by atoms with Gasteiger partial charge in [-0.15, -0.1) is 0 Å². The normalized spacial score (nSPS) is 16.1. The SMILES string of the molecule is CC(C)(C)S(=O)(=O)CCCCCCCc1cccc(OC2CCCC2)c1. The summed E-state index contributed by atoms with van der Waals surface area (Å²) < 4.78 is 29.6. The van der Waals surface area contributed by atoms with Crippen molar-refractivity contribution in [3.63, 3.8) is 0 Å². The van der Waals surface area contributed by atoms with Crippen LogP contribution in [0.15, 0.2) is 24.3 Å². The number of hydrogen-bond donors (Lipinski definition) is 0. The molecule has 0 atom stereocenters. The average Bonchev–Trinajstić information content (AvgIpc) is 3.06. The third-order valence-electron chi connectivity index (χ3n) is 5.31. The molecule has 4 heteroatoms. The first kappa shape index (κ1) is 21.3. The molecule has 26 heavy (non-hydrogen) atoms. The van der Waals surface area contributed by atoms with E-state index in [-0.39, 0.29) is 0 Å². The van der Waals surface area contributed by atoms with Gasteiger partial charge in [-0.05, 0) is 83.4 Å². The second kappa shape index (κ2) is 9.77. The van der Waals surface area contributed by atoms with Crippen LogP contribution in [-0.4, -0.2) is 25.0 Å². The van der Waals surface area contributed by atoms with Gasteiger partial charge < -0.3 is 4.74 Å². The Bertz CT molecular complexity index is 638. The van der Waals surface area contributed by atoms with E-state index in [2.05, 4.69) is 24.3 Å². The van der Waals surface area contributed by atoms with Crippen LogP contribution in [0.3, 0.4) is 0 Å². The predicted molar refractivity (Wildman–Crippen MR) is 110 cm³/mol. The Kier molecular flexibility index (Phi) is 8.00. The van der Waals surface area contributed by atoms with Crippen molar-refractivity contribution in [2.45, 2.75) is 95.8 Å². The van der Waals surface area contributed by atoms with Crippen molar-refractivity contribution in [1.82, 2.24) is 0 Å². The third kappa shape index (κ3) is 6.94. The van der Waals surface area contributed by atoms with E-state index in [1.165, 1.54) is 31.2 Å². The molecule has 2 rings (SSSR count). The van der Waals surface area contributed by atoms with E-state index >= 15 is 0 Å². The van der Waals surface area contributed by atoms with Gasteiger partial charge in [0.05, 0.1) is 16.6 Å². The highest BCUT2D eigenvalue weighted by molar-refractivity contribution is 7.92. The van der Waals surface area contributed by atoms with E-state index in [1.807, 2.05) is 0 Å². The Labute approximate surface area is 160 Å².